The van der Waals surface area contributed by atoms with E-state index in [0.29, 0.717) is 13.2 Å². The zero-order valence-electron chi connectivity index (χ0n) is 9.37. The van der Waals surface area contributed by atoms with Crippen LogP contribution in [0, 0.1) is 5.41 Å². The number of hydrogen-bond donors (Lipinski definition) is 0. The van der Waals surface area contributed by atoms with E-state index in [1.807, 2.05) is 24.3 Å². The maximum atomic E-state index is 6.10. The second-order valence-corrected chi connectivity index (χ2v) is 5.38. The van der Waals surface area contributed by atoms with Gasteiger partial charge >= 0.3 is 0 Å². The van der Waals surface area contributed by atoms with Crippen molar-refractivity contribution in [2.24, 2.45) is 5.41 Å². The molecule has 0 unspecified atom stereocenters. The Bertz CT molecular complexity index is 419. The summed E-state index contributed by atoms with van der Waals surface area (Å²) in [5.41, 5.74) is 0.973. The van der Waals surface area contributed by atoms with Crippen LogP contribution < -0.4 is 0 Å². The van der Waals surface area contributed by atoms with Crippen LogP contribution in [-0.4, -0.2) is 16.7 Å². The summed E-state index contributed by atoms with van der Waals surface area (Å²) in [4.78, 5) is 6.41. The smallest absolute Gasteiger partial charge is 0.112 e. The first-order chi connectivity index (χ1) is 7.50. The topological polar surface area (TPSA) is 12.5 Å². The molecule has 0 aromatic heterocycles. The lowest BCUT2D eigenvalue weighted by molar-refractivity contribution is -0.0820. The van der Waals surface area contributed by atoms with Crippen molar-refractivity contribution in [2.45, 2.75) is 20.4 Å². The molecule has 0 aliphatic carbocycles. The second kappa shape index (κ2) is 4.32. The molecule has 1 aliphatic rings. The Morgan fingerprint density at radius 3 is 2.69 bits per heavy atom. The molecule has 0 bridgehead atoms. The molecule has 1 fully saturated rings. The van der Waals surface area contributed by atoms with Gasteiger partial charge in [-0.2, -0.15) is 0 Å². The molecule has 16 heavy (non-hydrogen) atoms. The van der Waals surface area contributed by atoms with Crippen LogP contribution in [0.15, 0.2) is 24.3 Å². The third-order valence-electron chi connectivity index (χ3n) is 2.66. The van der Waals surface area contributed by atoms with Gasteiger partial charge in [-0.1, -0.05) is 55.9 Å². The summed E-state index contributed by atoms with van der Waals surface area (Å²) in [5.74, 6) is 0. The van der Waals surface area contributed by atoms with Crippen molar-refractivity contribution < 1.29 is 4.84 Å². The number of thiocarbonyl (C=S) groups is 1. The van der Waals surface area contributed by atoms with Gasteiger partial charge in [0.15, 0.2) is 0 Å². The lowest BCUT2D eigenvalue weighted by atomic mass is 9.96. The molecular weight excluding hydrogens is 242 g/mol. The Hall–Kier alpha value is -0.640. The Balaban J connectivity index is 2.13. The lowest BCUT2D eigenvalue weighted by Crippen LogP contribution is -2.28. The highest BCUT2D eigenvalue weighted by Gasteiger charge is 2.36. The van der Waals surface area contributed by atoms with Crippen molar-refractivity contribution in [2.75, 3.05) is 6.61 Å². The lowest BCUT2D eigenvalue weighted by Gasteiger charge is -2.20. The quantitative estimate of drug-likeness (QED) is 0.752. The number of rotatable bonds is 2. The zero-order valence-corrected chi connectivity index (χ0v) is 10.9. The monoisotopic (exact) mass is 255 g/mol. The van der Waals surface area contributed by atoms with E-state index >= 15 is 0 Å². The summed E-state index contributed by atoms with van der Waals surface area (Å²) in [6.45, 7) is 5.42. The number of halogens is 1. The van der Waals surface area contributed by atoms with Gasteiger partial charge in [0.05, 0.1) is 13.2 Å². The van der Waals surface area contributed by atoms with Crippen LogP contribution >= 0.6 is 23.8 Å². The van der Waals surface area contributed by atoms with Crippen molar-refractivity contribution >= 4 is 28.8 Å². The predicted molar refractivity (Wildman–Crippen MR) is 69.3 cm³/mol. The van der Waals surface area contributed by atoms with E-state index in [1.54, 1.807) is 5.06 Å². The Labute approximate surface area is 106 Å². The average molecular weight is 256 g/mol. The first kappa shape index (κ1) is 11.8. The zero-order chi connectivity index (χ0) is 11.8. The van der Waals surface area contributed by atoms with Crippen LogP contribution in [0.25, 0.3) is 0 Å². The highest BCUT2D eigenvalue weighted by Crippen LogP contribution is 2.30. The molecule has 1 aromatic rings. The highest BCUT2D eigenvalue weighted by atomic mass is 35.5. The fourth-order valence-corrected chi connectivity index (χ4v) is 1.97. The average Bonchev–Trinajstić information content (AvgIpc) is 2.49. The maximum Gasteiger partial charge on any atom is 0.112 e. The van der Waals surface area contributed by atoms with Crippen LogP contribution in [-0.2, 0) is 11.4 Å². The standard InChI is InChI=1S/C12H14ClNOS/c1-12(2)8-15-14(11(12)16)7-9-5-3-4-6-10(9)13/h3-6H,7-8H2,1-2H3. The summed E-state index contributed by atoms with van der Waals surface area (Å²) >= 11 is 11.5. The number of hydroxylamine groups is 2. The third kappa shape index (κ3) is 2.21. The van der Waals surface area contributed by atoms with E-state index < -0.39 is 0 Å². The van der Waals surface area contributed by atoms with Crippen LogP contribution in [0.2, 0.25) is 5.02 Å². The molecular formula is C12H14ClNOS. The molecule has 0 saturated carbocycles. The molecule has 0 radical (unpaired) electrons. The first-order valence-electron chi connectivity index (χ1n) is 5.19. The van der Waals surface area contributed by atoms with E-state index in [9.17, 15) is 0 Å². The summed E-state index contributed by atoms with van der Waals surface area (Å²) < 4.78 is 0. The van der Waals surface area contributed by atoms with E-state index in [2.05, 4.69) is 13.8 Å². The molecule has 1 aromatic carbocycles. The number of benzene rings is 1. The van der Waals surface area contributed by atoms with Gasteiger partial charge in [0.1, 0.15) is 4.99 Å². The van der Waals surface area contributed by atoms with E-state index in [-0.39, 0.29) is 5.41 Å². The SMILES string of the molecule is CC1(C)CON(Cc2ccccc2Cl)C1=S. The van der Waals surface area contributed by atoms with Crippen molar-refractivity contribution in [1.29, 1.82) is 0 Å². The van der Waals surface area contributed by atoms with Crippen LogP contribution in [0.1, 0.15) is 19.4 Å². The van der Waals surface area contributed by atoms with Crippen molar-refractivity contribution in [3.63, 3.8) is 0 Å². The van der Waals surface area contributed by atoms with E-state index in [1.165, 1.54) is 0 Å². The second-order valence-electron chi connectivity index (χ2n) is 4.59. The van der Waals surface area contributed by atoms with Crippen molar-refractivity contribution in [3.8, 4) is 0 Å². The summed E-state index contributed by atoms with van der Waals surface area (Å²) in [6, 6.07) is 7.74. The molecule has 1 heterocycles. The van der Waals surface area contributed by atoms with E-state index in [4.69, 9.17) is 28.7 Å². The van der Waals surface area contributed by atoms with Gasteiger partial charge in [-0.05, 0) is 11.6 Å². The van der Waals surface area contributed by atoms with Crippen molar-refractivity contribution in [3.05, 3.63) is 34.9 Å². The molecule has 0 spiro atoms. The molecule has 2 rings (SSSR count). The molecule has 0 atom stereocenters. The van der Waals surface area contributed by atoms with Gasteiger partial charge in [0.25, 0.3) is 0 Å². The van der Waals surface area contributed by atoms with Gasteiger partial charge in [-0.25, -0.2) is 5.06 Å². The Morgan fingerprint density at radius 1 is 1.44 bits per heavy atom. The fourth-order valence-electron chi connectivity index (χ4n) is 1.60. The summed E-state index contributed by atoms with van der Waals surface area (Å²) in [6.07, 6.45) is 0. The summed E-state index contributed by atoms with van der Waals surface area (Å²) in [7, 11) is 0. The maximum absolute atomic E-state index is 6.10. The van der Waals surface area contributed by atoms with Gasteiger partial charge < -0.3 is 0 Å². The van der Waals surface area contributed by atoms with Crippen LogP contribution in [0.5, 0.6) is 0 Å². The van der Waals surface area contributed by atoms with Crippen LogP contribution in [0.3, 0.4) is 0 Å². The fraction of sp³-hybridized carbons (Fsp3) is 0.417. The molecule has 1 saturated heterocycles. The minimum atomic E-state index is -0.0589. The Kier molecular flexibility index (Phi) is 3.19. The van der Waals surface area contributed by atoms with Gasteiger partial charge in [-0.15, -0.1) is 0 Å². The minimum Gasteiger partial charge on any atom is -0.272 e. The normalized spacial score (nSPS) is 19.2. The largest absolute Gasteiger partial charge is 0.272 e. The number of nitrogens with zero attached hydrogens (tertiary/aromatic N) is 1. The Morgan fingerprint density at radius 2 is 2.12 bits per heavy atom. The minimum absolute atomic E-state index is 0.0589. The van der Waals surface area contributed by atoms with Gasteiger partial charge in [-0.3, -0.25) is 4.84 Å². The van der Waals surface area contributed by atoms with Crippen molar-refractivity contribution in [1.82, 2.24) is 5.06 Å². The summed E-state index contributed by atoms with van der Waals surface area (Å²) in [5, 5.41) is 2.51. The van der Waals surface area contributed by atoms with E-state index in [0.717, 1.165) is 15.6 Å². The molecule has 4 heteroatoms. The van der Waals surface area contributed by atoms with Gasteiger partial charge in [0, 0.05) is 10.4 Å². The first-order valence-corrected chi connectivity index (χ1v) is 5.97. The third-order valence-corrected chi connectivity index (χ3v) is 3.78. The predicted octanol–water partition coefficient (Wildman–Crippen LogP) is 3.44. The molecule has 2 nitrogen and oxygen atoms in total. The van der Waals surface area contributed by atoms with Crippen LogP contribution in [0.4, 0.5) is 0 Å². The molecule has 0 amide bonds. The molecule has 1 aliphatic heterocycles. The number of hydrogen-bond acceptors (Lipinski definition) is 2. The highest BCUT2D eigenvalue weighted by molar-refractivity contribution is 7.80. The van der Waals surface area contributed by atoms with Gasteiger partial charge in [0.2, 0.25) is 0 Å². The molecule has 86 valence electrons. The molecule has 0 N–H and O–H groups in total.